The van der Waals surface area contributed by atoms with Crippen LogP contribution in [0.15, 0.2) is 24.3 Å². The van der Waals surface area contributed by atoms with Crippen molar-refractivity contribution in [1.29, 1.82) is 0 Å². The summed E-state index contributed by atoms with van der Waals surface area (Å²) in [4.78, 5) is 0. The first-order valence-electron chi connectivity index (χ1n) is 4.38. The van der Waals surface area contributed by atoms with Gasteiger partial charge in [0.25, 0.3) is 0 Å². The maximum atomic E-state index is 12.3. The van der Waals surface area contributed by atoms with Crippen LogP contribution in [0.4, 0.5) is 13.2 Å². The summed E-state index contributed by atoms with van der Waals surface area (Å²) in [5.41, 5.74) is 5.53. The smallest absolute Gasteiger partial charge is 0.324 e. The molecule has 0 amide bonds. The highest BCUT2D eigenvalue weighted by Crippen LogP contribution is 2.30. The fraction of sp³-hybridized carbons (Fsp3) is 0.400. The molecule has 0 fully saturated rings. The normalized spacial score (nSPS) is 14.1. The lowest BCUT2D eigenvalue weighted by atomic mass is 10.0. The van der Waals surface area contributed by atoms with E-state index < -0.39 is 11.7 Å². The summed E-state index contributed by atoms with van der Waals surface area (Å²) >= 11 is 0. The van der Waals surface area contributed by atoms with Gasteiger partial charge in [0.05, 0.1) is 5.56 Å². The zero-order chi connectivity index (χ0) is 10.8. The van der Waals surface area contributed by atoms with E-state index >= 15 is 0 Å². The van der Waals surface area contributed by atoms with Crippen LogP contribution in [0.1, 0.15) is 30.5 Å². The summed E-state index contributed by atoms with van der Waals surface area (Å²) in [7, 11) is 0. The van der Waals surface area contributed by atoms with E-state index in [1.54, 1.807) is 6.07 Å². The molecule has 1 atom stereocenters. The van der Waals surface area contributed by atoms with Gasteiger partial charge in [0.2, 0.25) is 0 Å². The van der Waals surface area contributed by atoms with Crippen LogP contribution in [-0.4, -0.2) is 0 Å². The first-order chi connectivity index (χ1) is 6.45. The summed E-state index contributed by atoms with van der Waals surface area (Å²) in [5.74, 6) is 0. The average Bonchev–Trinajstić information content (AvgIpc) is 2.15. The van der Waals surface area contributed by atoms with E-state index in [0.29, 0.717) is 12.0 Å². The van der Waals surface area contributed by atoms with Gasteiger partial charge in [-0.05, 0) is 24.1 Å². The highest BCUT2D eigenvalue weighted by molar-refractivity contribution is 5.27. The van der Waals surface area contributed by atoms with Crippen molar-refractivity contribution in [3.05, 3.63) is 35.4 Å². The largest absolute Gasteiger partial charge is 0.416 e. The molecule has 0 saturated heterocycles. The van der Waals surface area contributed by atoms with Gasteiger partial charge in [0.15, 0.2) is 0 Å². The third-order valence-electron chi connectivity index (χ3n) is 2.08. The van der Waals surface area contributed by atoms with Gasteiger partial charge in [-0.15, -0.1) is 0 Å². The number of nitrogens with two attached hydrogens (primary N) is 1. The van der Waals surface area contributed by atoms with Gasteiger partial charge in [0, 0.05) is 6.04 Å². The Bertz CT molecular complexity index is 306. The molecule has 0 aliphatic heterocycles. The van der Waals surface area contributed by atoms with Crippen molar-refractivity contribution >= 4 is 0 Å². The topological polar surface area (TPSA) is 26.0 Å². The molecular weight excluding hydrogens is 191 g/mol. The third-order valence-corrected chi connectivity index (χ3v) is 2.08. The molecule has 0 heterocycles. The van der Waals surface area contributed by atoms with E-state index in [4.69, 9.17) is 5.73 Å². The van der Waals surface area contributed by atoms with Crippen molar-refractivity contribution in [1.82, 2.24) is 0 Å². The molecule has 0 spiro atoms. The lowest BCUT2D eigenvalue weighted by molar-refractivity contribution is -0.137. The van der Waals surface area contributed by atoms with E-state index in [0.717, 1.165) is 12.1 Å². The molecule has 0 bridgehead atoms. The Morgan fingerprint density at radius 3 is 2.50 bits per heavy atom. The highest BCUT2D eigenvalue weighted by atomic mass is 19.4. The Kier molecular flexibility index (Phi) is 3.16. The molecule has 1 nitrogen and oxygen atoms in total. The minimum Gasteiger partial charge on any atom is -0.324 e. The van der Waals surface area contributed by atoms with Gasteiger partial charge in [-0.25, -0.2) is 0 Å². The molecule has 1 rings (SSSR count). The SMILES string of the molecule is CC[C@H](N)c1cccc(C(F)(F)F)c1. The second kappa shape index (κ2) is 4.00. The third kappa shape index (κ3) is 2.48. The van der Waals surface area contributed by atoms with Crippen molar-refractivity contribution < 1.29 is 13.2 Å². The van der Waals surface area contributed by atoms with E-state index in [2.05, 4.69) is 0 Å². The van der Waals surface area contributed by atoms with E-state index in [-0.39, 0.29) is 6.04 Å². The number of rotatable bonds is 2. The van der Waals surface area contributed by atoms with Gasteiger partial charge in [0.1, 0.15) is 0 Å². The molecule has 0 aromatic heterocycles. The standard InChI is InChI=1S/C10H12F3N/c1-2-9(14)7-4-3-5-8(6-7)10(11,12)13/h3-6,9H,2,14H2,1H3/t9-/m0/s1. The second-order valence-corrected chi connectivity index (χ2v) is 3.14. The number of benzene rings is 1. The predicted octanol–water partition coefficient (Wildman–Crippen LogP) is 3.12. The van der Waals surface area contributed by atoms with E-state index in [9.17, 15) is 13.2 Å². The maximum Gasteiger partial charge on any atom is 0.416 e. The van der Waals surface area contributed by atoms with Crippen LogP contribution >= 0.6 is 0 Å². The average molecular weight is 203 g/mol. The zero-order valence-electron chi connectivity index (χ0n) is 7.81. The van der Waals surface area contributed by atoms with Crippen molar-refractivity contribution in [3.8, 4) is 0 Å². The van der Waals surface area contributed by atoms with Gasteiger partial charge in [-0.2, -0.15) is 13.2 Å². The Labute approximate surface area is 80.7 Å². The van der Waals surface area contributed by atoms with Crippen LogP contribution in [0.5, 0.6) is 0 Å². The fourth-order valence-corrected chi connectivity index (χ4v) is 1.18. The van der Waals surface area contributed by atoms with Gasteiger partial charge >= 0.3 is 6.18 Å². The minimum atomic E-state index is -4.29. The highest BCUT2D eigenvalue weighted by Gasteiger charge is 2.30. The molecule has 0 aliphatic carbocycles. The lowest BCUT2D eigenvalue weighted by Crippen LogP contribution is -2.11. The van der Waals surface area contributed by atoms with Crippen molar-refractivity contribution in [2.24, 2.45) is 5.73 Å². The summed E-state index contributed by atoms with van der Waals surface area (Å²) < 4.78 is 36.9. The molecule has 1 aromatic carbocycles. The van der Waals surface area contributed by atoms with Crippen LogP contribution < -0.4 is 5.73 Å². The molecule has 2 N–H and O–H groups in total. The number of halogens is 3. The van der Waals surface area contributed by atoms with Gasteiger partial charge < -0.3 is 5.73 Å². The quantitative estimate of drug-likeness (QED) is 0.785. The van der Waals surface area contributed by atoms with Gasteiger partial charge in [-0.1, -0.05) is 19.1 Å². The Hall–Kier alpha value is -1.03. The summed E-state index contributed by atoms with van der Waals surface area (Å²) in [6.07, 6.45) is -3.66. The summed E-state index contributed by atoms with van der Waals surface area (Å²) in [5, 5.41) is 0. The van der Waals surface area contributed by atoms with Crippen LogP contribution in [0.3, 0.4) is 0 Å². The molecule has 0 saturated carbocycles. The van der Waals surface area contributed by atoms with Crippen LogP contribution in [-0.2, 0) is 6.18 Å². The molecule has 1 aromatic rings. The molecule has 78 valence electrons. The summed E-state index contributed by atoms with van der Waals surface area (Å²) in [6.45, 7) is 1.84. The molecular formula is C10H12F3N. The zero-order valence-corrected chi connectivity index (χ0v) is 7.81. The first-order valence-corrected chi connectivity index (χ1v) is 4.38. The number of hydrogen-bond donors (Lipinski definition) is 1. The van der Waals surface area contributed by atoms with Crippen LogP contribution in [0.2, 0.25) is 0 Å². The monoisotopic (exact) mass is 203 g/mol. The molecule has 0 radical (unpaired) electrons. The van der Waals surface area contributed by atoms with Crippen LogP contribution in [0.25, 0.3) is 0 Å². The van der Waals surface area contributed by atoms with E-state index in [1.165, 1.54) is 6.07 Å². The molecule has 0 aliphatic rings. The Morgan fingerprint density at radius 1 is 1.36 bits per heavy atom. The van der Waals surface area contributed by atoms with E-state index in [1.807, 2.05) is 6.92 Å². The van der Waals surface area contributed by atoms with Crippen molar-refractivity contribution in [2.75, 3.05) is 0 Å². The predicted molar refractivity (Wildman–Crippen MR) is 48.7 cm³/mol. The molecule has 0 unspecified atom stereocenters. The van der Waals surface area contributed by atoms with Crippen molar-refractivity contribution in [2.45, 2.75) is 25.6 Å². The van der Waals surface area contributed by atoms with Crippen molar-refractivity contribution in [3.63, 3.8) is 0 Å². The molecule has 14 heavy (non-hydrogen) atoms. The minimum absolute atomic E-state index is 0.322. The number of alkyl halides is 3. The second-order valence-electron chi connectivity index (χ2n) is 3.14. The van der Waals surface area contributed by atoms with Gasteiger partial charge in [-0.3, -0.25) is 0 Å². The Morgan fingerprint density at radius 2 is 2.00 bits per heavy atom. The maximum absolute atomic E-state index is 12.3. The van der Waals surface area contributed by atoms with Crippen LogP contribution in [0, 0.1) is 0 Å². The number of hydrogen-bond acceptors (Lipinski definition) is 1. The fourth-order valence-electron chi connectivity index (χ4n) is 1.18. The molecule has 4 heteroatoms. The first kappa shape index (κ1) is 11.0. The summed E-state index contributed by atoms with van der Waals surface area (Å²) in [6, 6.07) is 4.83. The lowest BCUT2D eigenvalue weighted by Gasteiger charge is -2.12. The Balaban J connectivity index is 3.01.